The van der Waals surface area contributed by atoms with E-state index in [4.69, 9.17) is 0 Å². The summed E-state index contributed by atoms with van der Waals surface area (Å²) in [7, 11) is 0. The van der Waals surface area contributed by atoms with E-state index in [0.717, 1.165) is 22.1 Å². The van der Waals surface area contributed by atoms with E-state index in [2.05, 4.69) is 10.4 Å². The highest BCUT2D eigenvalue weighted by molar-refractivity contribution is 5.92. The second-order valence-electron chi connectivity index (χ2n) is 5.29. The number of hydrogen-bond donors (Lipinski definition) is 1. The first kappa shape index (κ1) is 15.1. The molecule has 1 N–H and O–H groups in total. The number of benzene rings is 1. The van der Waals surface area contributed by atoms with Crippen LogP contribution in [0.2, 0.25) is 0 Å². The Balaban J connectivity index is 2.20. The van der Waals surface area contributed by atoms with E-state index < -0.39 is 28.7 Å². The molecule has 1 heterocycles. The van der Waals surface area contributed by atoms with Crippen molar-refractivity contribution < 1.29 is 9.18 Å². The van der Waals surface area contributed by atoms with Gasteiger partial charge in [0.25, 0.3) is 11.5 Å². The molecule has 1 aliphatic carbocycles. The molecule has 0 spiro atoms. The smallest absolute Gasteiger partial charge is 0.348 e. The van der Waals surface area contributed by atoms with Gasteiger partial charge in [-0.3, -0.25) is 14.2 Å². The normalized spacial score (nSPS) is 13.8. The molecule has 0 bridgehead atoms. The van der Waals surface area contributed by atoms with Crippen molar-refractivity contribution in [3.8, 4) is 5.69 Å². The van der Waals surface area contributed by atoms with Crippen LogP contribution in [-0.4, -0.2) is 26.3 Å². The topological polar surface area (TPSA) is 86.0 Å². The van der Waals surface area contributed by atoms with Crippen molar-refractivity contribution in [2.45, 2.75) is 32.4 Å². The molecule has 23 heavy (non-hydrogen) atoms. The molecule has 0 aliphatic heterocycles. The molecule has 0 radical (unpaired) electrons. The molecule has 1 aromatic carbocycles. The van der Waals surface area contributed by atoms with Crippen LogP contribution >= 0.6 is 0 Å². The summed E-state index contributed by atoms with van der Waals surface area (Å²) in [5.41, 5.74) is -2.09. The summed E-state index contributed by atoms with van der Waals surface area (Å²) >= 11 is 0. The van der Waals surface area contributed by atoms with Crippen molar-refractivity contribution in [1.82, 2.24) is 19.7 Å². The van der Waals surface area contributed by atoms with Crippen LogP contribution in [0.15, 0.2) is 33.9 Å². The lowest BCUT2D eigenvalue weighted by atomic mass is 10.3. The Bertz CT molecular complexity index is 883. The number of carbonyl (C=O) groups excluding carboxylic acids is 1. The summed E-state index contributed by atoms with van der Waals surface area (Å²) in [6.07, 6.45) is 1.70. The average Bonchev–Trinajstić information content (AvgIpc) is 3.33. The van der Waals surface area contributed by atoms with Gasteiger partial charge in [-0.25, -0.2) is 9.18 Å². The van der Waals surface area contributed by atoms with Gasteiger partial charge in [0.05, 0.1) is 0 Å². The number of para-hydroxylation sites is 1. The SMILES string of the molecule is CCn1c(=O)c(C(=O)NC2CC2)nn(-c2ccccc2F)c1=O. The number of nitrogens with zero attached hydrogens (tertiary/aromatic N) is 3. The summed E-state index contributed by atoms with van der Waals surface area (Å²) in [6.45, 7) is 1.65. The zero-order valence-corrected chi connectivity index (χ0v) is 12.5. The maximum Gasteiger partial charge on any atom is 0.352 e. The monoisotopic (exact) mass is 318 g/mol. The first-order valence-corrected chi connectivity index (χ1v) is 7.33. The molecule has 3 rings (SSSR count). The molecule has 120 valence electrons. The number of rotatable bonds is 4. The molecule has 1 fully saturated rings. The Hall–Kier alpha value is -2.77. The number of halogens is 1. The highest BCUT2D eigenvalue weighted by Gasteiger charge is 2.27. The maximum atomic E-state index is 14.0. The van der Waals surface area contributed by atoms with Crippen LogP contribution in [0.3, 0.4) is 0 Å². The van der Waals surface area contributed by atoms with Gasteiger partial charge >= 0.3 is 5.69 Å². The second kappa shape index (κ2) is 5.79. The summed E-state index contributed by atoms with van der Waals surface area (Å²) in [5, 5.41) is 6.46. The third-order valence-electron chi connectivity index (χ3n) is 3.58. The standard InChI is InChI=1S/C15H15FN4O3/c1-2-19-14(22)12(13(21)17-9-7-8-9)18-20(15(19)23)11-6-4-3-5-10(11)16/h3-6,9H,2,7-8H2,1H3,(H,17,21). The fourth-order valence-electron chi connectivity index (χ4n) is 2.20. The first-order chi connectivity index (χ1) is 11.0. The number of hydrogen-bond acceptors (Lipinski definition) is 4. The second-order valence-corrected chi connectivity index (χ2v) is 5.29. The predicted molar refractivity (Wildman–Crippen MR) is 80.2 cm³/mol. The number of amides is 1. The molecular weight excluding hydrogens is 303 g/mol. The quantitative estimate of drug-likeness (QED) is 0.886. The molecule has 0 atom stereocenters. The van der Waals surface area contributed by atoms with Crippen LogP contribution in [0.25, 0.3) is 5.69 Å². The number of nitrogens with one attached hydrogen (secondary N) is 1. The van der Waals surface area contributed by atoms with Gasteiger partial charge in [0.15, 0.2) is 0 Å². The lowest BCUT2D eigenvalue weighted by molar-refractivity contribution is 0.0941. The summed E-state index contributed by atoms with van der Waals surface area (Å²) in [4.78, 5) is 36.8. The first-order valence-electron chi connectivity index (χ1n) is 7.33. The minimum Gasteiger partial charge on any atom is -0.348 e. The van der Waals surface area contributed by atoms with Crippen LogP contribution in [0.5, 0.6) is 0 Å². The molecule has 1 aromatic heterocycles. The predicted octanol–water partition coefficient (Wildman–Crippen LogP) is 0.445. The highest BCUT2D eigenvalue weighted by Crippen LogP contribution is 2.18. The number of aromatic nitrogens is 3. The van der Waals surface area contributed by atoms with E-state index in [-0.39, 0.29) is 18.3 Å². The summed E-state index contributed by atoms with van der Waals surface area (Å²) in [5.74, 6) is -1.32. The Kier molecular flexibility index (Phi) is 3.81. The van der Waals surface area contributed by atoms with Crippen molar-refractivity contribution in [1.29, 1.82) is 0 Å². The van der Waals surface area contributed by atoms with Crippen molar-refractivity contribution in [2.75, 3.05) is 0 Å². The molecule has 1 aliphatic rings. The van der Waals surface area contributed by atoms with E-state index >= 15 is 0 Å². The van der Waals surface area contributed by atoms with Gasteiger partial charge in [-0.05, 0) is 31.9 Å². The van der Waals surface area contributed by atoms with Gasteiger partial charge in [0.1, 0.15) is 11.5 Å². The van der Waals surface area contributed by atoms with Crippen molar-refractivity contribution >= 4 is 5.91 Å². The largest absolute Gasteiger partial charge is 0.352 e. The van der Waals surface area contributed by atoms with E-state index in [0.29, 0.717) is 0 Å². The third kappa shape index (κ3) is 2.79. The van der Waals surface area contributed by atoms with Gasteiger partial charge < -0.3 is 5.32 Å². The maximum absolute atomic E-state index is 14.0. The Labute approximate surface area is 130 Å². The van der Waals surface area contributed by atoms with E-state index in [1.165, 1.54) is 24.3 Å². The molecule has 1 saturated carbocycles. The van der Waals surface area contributed by atoms with Crippen LogP contribution in [-0.2, 0) is 6.54 Å². The molecule has 0 unspecified atom stereocenters. The zero-order chi connectivity index (χ0) is 16.6. The zero-order valence-electron chi connectivity index (χ0n) is 12.5. The lowest BCUT2D eigenvalue weighted by Gasteiger charge is -2.11. The van der Waals surface area contributed by atoms with Crippen LogP contribution in [0.1, 0.15) is 30.3 Å². The fraction of sp³-hybridized carbons (Fsp3) is 0.333. The molecule has 8 heteroatoms. The Morgan fingerprint density at radius 2 is 2.04 bits per heavy atom. The molecule has 1 amide bonds. The minimum atomic E-state index is -0.787. The van der Waals surface area contributed by atoms with Gasteiger partial charge in [-0.2, -0.15) is 9.78 Å². The third-order valence-corrected chi connectivity index (χ3v) is 3.58. The van der Waals surface area contributed by atoms with Gasteiger partial charge in [0.2, 0.25) is 5.69 Å². The summed E-state index contributed by atoms with van der Waals surface area (Å²) in [6, 6.07) is 5.58. The molecule has 7 nitrogen and oxygen atoms in total. The summed E-state index contributed by atoms with van der Waals surface area (Å²) < 4.78 is 15.6. The van der Waals surface area contributed by atoms with Crippen molar-refractivity contribution in [3.05, 3.63) is 56.6 Å². The van der Waals surface area contributed by atoms with E-state index in [9.17, 15) is 18.8 Å². The van der Waals surface area contributed by atoms with E-state index in [1.54, 1.807) is 6.92 Å². The highest BCUT2D eigenvalue weighted by atomic mass is 19.1. The molecule has 0 saturated heterocycles. The van der Waals surface area contributed by atoms with Crippen LogP contribution < -0.4 is 16.6 Å². The van der Waals surface area contributed by atoms with Crippen molar-refractivity contribution in [2.24, 2.45) is 0 Å². The Morgan fingerprint density at radius 1 is 1.35 bits per heavy atom. The van der Waals surface area contributed by atoms with Gasteiger partial charge in [-0.1, -0.05) is 12.1 Å². The lowest BCUT2D eigenvalue weighted by Crippen LogP contribution is -2.46. The molecule has 2 aromatic rings. The van der Waals surface area contributed by atoms with Crippen molar-refractivity contribution in [3.63, 3.8) is 0 Å². The van der Waals surface area contributed by atoms with E-state index in [1.807, 2.05) is 0 Å². The molecular formula is C15H15FN4O3. The van der Waals surface area contributed by atoms with Gasteiger partial charge in [0, 0.05) is 12.6 Å². The fourth-order valence-corrected chi connectivity index (χ4v) is 2.20. The Morgan fingerprint density at radius 3 is 2.65 bits per heavy atom. The van der Waals surface area contributed by atoms with Crippen LogP contribution in [0, 0.1) is 5.82 Å². The van der Waals surface area contributed by atoms with Gasteiger partial charge in [-0.15, -0.1) is 0 Å². The average molecular weight is 318 g/mol. The minimum absolute atomic E-state index is 0.0348. The van der Waals surface area contributed by atoms with Crippen LogP contribution in [0.4, 0.5) is 4.39 Å². The number of carbonyl (C=O) groups is 1.